The molecule has 0 unspecified atom stereocenters. The SMILES string of the molecule is N#CNC(N)=NCCCCCCN1CCCCC1. The van der Waals surface area contributed by atoms with E-state index in [1.165, 1.54) is 58.2 Å². The van der Waals surface area contributed by atoms with Crippen LogP contribution in [0.15, 0.2) is 4.99 Å². The van der Waals surface area contributed by atoms with Crippen molar-refractivity contribution in [1.29, 1.82) is 5.26 Å². The summed E-state index contributed by atoms with van der Waals surface area (Å²) in [6.07, 6.45) is 10.7. The zero-order chi connectivity index (χ0) is 13.1. The fraction of sp³-hybridized carbons (Fsp3) is 0.846. The molecule has 0 atom stereocenters. The van der Waals surface area contributed by atoms with Crippen LogP contribution in [0.25, 0.3) is 0 Å². The first kappa shape index (κ1) is 14.8. The van der Waals surface area contributed by atoms with E-state index in [0.717, 1.165) is 6.42 Å². The first-order valence-corrected chi connectivity index (χ1v) is 7.00. The predicted molar refractivity (Wildman–Crippen MR) is 74.0 cm³/mol. The third kappa shape index (κ3) is 7.13. The van der Waals surface area contributed by atoms with Crippen molar-refractivity contribution in [3.63, 3.8) is 0 Å². The average molecular weight is 251 g/mol. The van der Waals surface area contributed by atoms with Gasteiger partial charge in [0, 0.05) is 6.54 Å². The van der Waals surface area contributed by atoms with Crippen LogP contribution < -0.4 is 11.1 Å². The lowest BCUT2D eigenvalue weighted by molar-refractivity contribution is 0.224. The van der Waals surface area contributed by atoms with Crippen molar-refractivity contribution in [3.05, 3.63) is 0 Å². The molecule has 1 heterocycles. The molecule has 1 saturated heterocycles. The van der Waals surface area contributed by atoms with Gasteiger partial charge in [0.2, 0.25) is 5.96 Å². The Morgan fingerprint density at radius 2 is 1.89 bits per heavy atom. The number of nitrogens with one attached hydrogen (secondary N) is 1. The fourth-order valence-electron chi connectivity index (χ4n) is 2.28. The molecule has 1 fully saturated rings. The quantitative estimate of drug-likeness (QED) is 0.236. The van der Waals surface area contributed by atoms with Crippen LogP contribution in [0, 0.1) is 11.5 Å². The van der Waals surface area contributed by atoms with Crippen LogP contribution in [0.3, 0.4) is 0 Å². The molecule has 1 aliphatic rings. The summed E-state index contributed by atoms with van der Waals surface area (Å²) >= 11 is 0. The lowest BCUT2D eigenvalue weighted by Crippen LogP contribution is -2.30. The summed E-state index contributed by atoms with van der Waals surface area (Å²) in [5.74, 6) is 0.228. The molecule has 0 bridgehead atoms. The minimum Gasteiger partial charge on any atom is -0.369 e. The minimum absolute atomic E-state index is 0.228. The maximum absolute atomic E-state index is 8.31. The Kier molecular flexibility index (Phi) is 7.98. The summed E-state index contributed by atoms with van der Waals surface area (Å²) in [5, 5.41) is 10.6. The van der Waals surface area contributed by atoms with Gasteiger partial charge in [-0.25, -0.2) is 0 Å². The van der Waals surface area contributed by atoms with Gasteiger partial charge in [-0.1, -0.05) is 19.3 Å². The number of piperidine rings is 1. The first-order valence-electron chi connectivity index (χ1n) is 7.00. The van der Waals surface area contributed by atoms with Crippen molar-refractivity contribution in [1.82, 2.24) is 10.2 Å². The number of likely N-dealkylation sites (tertiary alicyclic amines) is 1. The second-order valence-corrected chi connectivity index (χ2v) is 4.82. The summed E-state index contributed by atoms with van der Waals surface area (Å²) in [7, 11) is 0. The fourth-order valence-corrected chi connectivity index (χ4v) is 2.28. The Morgan fingerprint density at radius 1 is 1.17 bits per heavy atom. The van der Waals surface area contributed by atoms with Gasteiger partial charge in [-0.05, 0) is 45.3 Å². The maximum Gasteiger partial charge on any atom is 0.202 e. The number of hydrogen-bond acceptors (Lipinski definition) is 3. The standard InChI is InChI=1S/C13H25N5/c14-12-17-13(15)16-8-4-1-2-5-9-18-10-6-3-7-11-18/h1-11H2,(H3,15,16,17). The zero-order valence-electron chi connectivity index (χ0n) is 11.2. The maximum atomic E-state index is 8.31. The van der Waals surface area contributed by atoms with Crippen molar-refractivity contribution in [2.24, 2.45) is 10.7 Å². The molecule has 18 heavy (non-hydrogen) atoms. The van der Waals surface area contributed by atoms with Crippen LogP contribution in [-0.2, 0) is 0 Å². The molecule has 0 spiro atoms. The number of nitrogens with zero attached hydrogens (tertiary/aromatic N) is 3. The molecule has 0 aromatic heterocycles. The monoisotopic (exact) mass is 251 g/mol. The summed E-state index contributed by atoms with van der Waals surface area (Å²) in [4.78, 5) is 6.63. The summed E-state index contributed by atoms with van der Waals surface area (Å²) in [6, 6.07) is 0. The van der Waals surface area contributed by atoms with Crippen molar-refractivity contribution in [3.8, 4) is 6.19 Å². The summed E-state index contributed by atoms with van der Waals surface area (Å²) < 4.78 is 0. The van der Waals surface area contributed by atoms with Crippen LogP contribution >= 0.6 is 0 Å². The second kappa shape index (κ2) is 9.72. The van der Waals surface area contributed by atoms with Gasteiger partial charge in [0.1, 0.15) is 0 Å². The van der Waals surface area contributed by atoms with Gasteiger partial charge in [-0.2, -0.15) is 5.26 Å². The molecule has 0 amide bonds. The lowest BCUT2D eigenvalue weighted by atomic mass is 10.1. The van der Waals surface area contributed by atoms with Crippen molar-refractivity contribution in [2.75, 3.05) is 26.2 Å². The molecule has 0 saturated carbocycles. The molecule has 0 aromatic carbocycles. The molecule has 1 rings (SSSR count). The molecule has 0 aliphatic carbocycles. The number of rotatable bonds is 7. The van der Waals surface area contributed by atoms with E-state index in [1.54, 1.807) is 6.19 Å². The van der Waals surface area contributed by atoms with E-state index < -0.39 is 0 Å². The topological polar surface area (TPSA) is 77.4 Å². The van der Waals surface area contributed by atoms with Gasteiger partial charge in [-0.3, -0.25) is 10.3 Å². The Bertz CT molecular complexity index is 276. The smallest absolute Gasteiger partial charge is 0.202 e. The van der Waals surface area contributed by atoms with Crippen LogP contribution in [-0.4, -0.2) is 37.0 Å². The van der Waals surface area contributed by atoms with E-state index in [2.05, 4.69) is 15.2 Å². The Balaban J connectivity index is 1.89. The Morgan fingerprint density at radius 3 is 2.61 bits per heavy atom. The Hall–Kier alpha value is -1.28. The normalized spacial score (nSPS) is 17.4. The van der Waals surface area contributed by atoms with Crippen molar-refractivity contribution >= 4 is 5.96 Å². The lowest BCUT2D eigenvalue weighted by Gasteiger charge is -2.26. The van der Waals surface area contributed by atoms with E-state index in [-0.39, 0.29) is 5.96 Å². The van der Waals surface area contributed by atoms with Crippen molar-refractivity contribution in [2.45, 2.75) is 44.9 Å². The molecule has 0 aromatic rings. The van der Waals surface area contributed by atoms with Crippen molar-refractivity contribution < 1.29 is 0 Å². The zero-order valence-corrected chi connectivity index (χ0v) is 11.2. The predicted octanol–water partition coefficient (Wildman–Crippen LogP) is 1.42. The van der Waals surface area contributed by atoms with E-state index in [0.29, 0.717) is 6.54 Å². The minimum atomic E-state index is 0.228. The summed E-state index contributed by atoms with van der Waals surface area (Å²) in [5.41, 5.74) is 5.43. The molecule has 5 nitrogen and oxygen atoms in total. The van der Waals surface area contributed by atoms with E-state index in [4.69, 9.17) is 11.0 Å². The third-order valence-electron chi connectivity index (χ3n) is 3.30. The molecular weight excluding hydrogens is 226 g/mol. The molecule has 0 radical (unpaired) electrons. The first-order chi connectivity index (χ1) is 8.83. The Labute approximate surface area is 110 Å². The van der Waals surface area contributed by atoms with Crippen LogP contribution in [0.5, 0.6) is 0 Å². The number of nitriles is 1. The van der Waals surface area contributed by atoms with E-state index >= 15 is 0 Å². The van der Waals surface area contributed by atoms with Gasteiger partial charge < -0.3 is 10.6 Å². The largest absolute Gasteiger partial charge is 0.369 e. The highest BCUT2D eigenvalue weighted by Gasteiger charge is 2.08. The highest BCUT2D eigenvalue weighted by atomic mass is 15.1. The highest BCUT2D eigenvalue weighted by molar-refractivity contribution is 5.79. The number of nitrogens with two attached hydrogens (primary N) is 1. The number of hydrogen-bond donors (Lipinski definition) is 2. The number of unbranched alkanes of at least 4 members (excludes halogenated alkanes) is 3. The molecule has 1 aliphatic heterocycles. The third-order valence-corrected chi connectivity index (χ3v) is 3.30. The average Bonchev–Trinajstić information content (AvgIpc) is 2.39. The van der Waals surface area contributed by atoms with Gasteiger partial charge >= 0.3 is 0 Å². The van der Waals surface area contributed by atoms with Gasteiger partial charge in [0.15, 0.2) is 6.19 Å². The van der Waals surface area contributed by atoms with Gasteiger partial charge in [0.25, 0.3) is 0 Å². The van der Waals surface area contributed by atoms with Crippen LogP contribution in [0.4, 0.5) is 0 Å². The molecule has 3 N–H and O–H groups in total. The highest BCUT2D eigenvalue weighted by Crippen LogP contribution is 2.10. The second-order valence-electron chi connectivity index (χ2n) is 4.82. The number of guanidine groups is 1. The van der Waals surface area contributed by atoms with E-state index in [9.17, 15) is 0 Å². The molecule has 102 valence electrons. The van der Waals surface area contributed by atoms with Crippen LogP contribution in [0.2, 0.25) is 0 Å². The van der Waals surface area contributed by atoms with E-state index in [1.807, 2.05) is 0 Å². The number of aliphatic imine (C=N–C) groups is 1. The van der Waals surface area contributed by atoms with Gasteiger partial charge in [-0.15, -0.1) is 0 Å². The molecule has 5 heteroatoms. The van der Waals surface area contributed by atoms with Gasteiger partial charge in [0.05, 0.1) is 0 Å². The molecular formula is C13H25N5. The van der Waals surface area contributed by atoms with Crippen LogP contribution in [0.1, 0.15) is 44.9 Å². The summed E-state index contributed by atoms with van der Waals surface area (Å²) in [6.45, 7) is 4.55.